The third-order valence-corrected chi connectivity index (χ3v) is 6.35. The predicted molar refractivity (Wildman–Crippen MR) is 120 cm³/mol. The van der Waals surface area contributed by atoms with Crippen molar-refractivity contribution in [1.29, 1.82) is 0 Å². The Morgan fingerprint density at radius 2 is 1.90 bits per heavy atom. The Balaban J connectivity index is 2.08. The summed E-state index contributed by atoms with van der Waals surface area (Å²) >= 11 is 6.19. The highest BCUT2D eigenvalue weighted by Gasteiger charge is 2.31. The summed E-state index contributed by atoms with van der Waals surface area (Å²) in [4.78, 5) is 12.8. The zero-order valence-electron chi connectivity index (χ0n) is 17.4. The lowest BCUT2D eigenvalue weighted by Crippen LogP contribution is -2.49. The Bertz CT molecular complexity index is 960. The van der Waals surface area contributed by atoms with Gasteiger partial charge in [-0.3, -0.25) is 9.10 Å². The number of nitrogens with zero attached hydrogens (tertiary/aromatic N) is 1. The molecular weight excluding hydrogens is 408 g/mol. The lowest BCUT2D eigenvalue weighted by molar-refractivity contribution is -0.122. The summed E-state index contributed by atoms with van der Waals surface area (Å²) in [5.74, 6) is -0.307. The van der Waals surface area contributed by atoms with Gasteiger partial charge in [-0.25, -0.2) is 8.42 Å². The van der Waals surface area contributed by atoms with Crippen LogP contribution in [0.25, 0.3) is 0 Å². The van der Waals surface area contributed by atoms with Gasteiger partial charge in [-0.1, -0.05) is 54.4 Å². The SMILES string of the molecule is CC[C@H](C(=O)NCCCc1cccc(C)c1)N(c1ccc(C)c(Cl)c1)S(C)(=O)=O. The first-order valence-electron chi connectivity index (χ1n) is 9.72. The average Bonchev–Trinajstić information content (AvgIpc) is 2.64. The molecule has 0 aliphatic carbocycles. The third kappa shape index (κ3) is 6.47. The van der Waals surface area contributed by atoms with Crippen LogP contribution in [-0.4, -0.2) is 33.2 Å². The van der Waals surface area contributed by atoms with Crippen LogP contribution in [0.3, 0.4) is 0 Å². The van der Waals surface area contributed by atoms with E-state index in [1.165, 1.54) is 11.1 Å². The molecule has 2 rings (SSSR count). The maximum absolute atomic E-state index is 12.8. The van der Waals surface area contributed by atoms with Crippen LogP contribution in [0, 0.1) is 13.8 Å². The summed E-state index contributed by atoms with van der Waals surface area (Å²) < 4.78 is 26.1. The highest BCUT2D eigenvalue weighted by molar-refractivity contribution is 7.92. The maximum Gasteiger partial charge on any atom is 0.243 e. The van der Waals surface area contributed by atoms with Crippen molar-refractivity contribution in [3.8, 4) is 0 Å². The first-order valence-corrected chi connectivity index (χ1v) is 11.9. The summed E-state index contributed by atoms with van der Waals surface area (Å²) in [5, 5.41) is 3.35. The van der Waals surface area contributed by atoms with Gasteiger partial charge in [0.2, 0.25) is 15.9 Å². The van der Waals surface area contributed by atoms with E-state index in [9.17, 15) is 13.2 Å². The average molecular weight is 437 g/mol. The quantitative estimate of drug-likeness (QED) is 0.597. The topological polar surface area (TPSA) is 66.5 Å². The Hall–Kier alpha value is -2.05. The number of hydrogen-bond acceptors (Lipinski definition) is 3. The van der Waals surface area contributed by atoms with Gasteiger partial charge in [-0.15, -0.1) is 0 Å². The molecule has 29 heavy (non-hydrogen) atoms. The van der Waals surface area contributed by atoms with E-state index in [1.807, 2.05) is 26.0 Å². The zero-order valence-corrected chi connectivity index (χ0v) is 19.0. The number of sulfonamides is 1. The van der Waals surface area contributed by atoms with Gasteiger partial charge in [-0.2, -0.15) is 0 Å². The highest BCUT2D eigenvalue weighted by Crippen LogP contribution is 2.27. The molecule has 0 radical (unpaired) electrons. The smallest absolute Gasteiger partial charge is 0.243 e. The van der Waals surface area contributed by atoms with Gasteiger partial charge in [0.25, 0.3) is 0 Å². The van der Waals surface area contributed by atoms with Gasteiger partial charge in [0.15, 0.2) is 0 Å². The number of anilines is 1. The molecule has 2 aromatic carbocycles. The molecule has 0 fully saturated rings. The number of halogens is 1. The number of benzene rings is 2. The largest absolute Gasteiger partial charge is 0.354 e. The molecule has 0 aliphatic heterocycles. The van der Waals surface area contributed by atoms with Crippen LogP contribution in [0.5, 0.6) is 0 Å². The van der Waals surface area contributed by atoms with E-state index < -0.39 is 16.1 Å². The number of hydrogen-bond donors (Lipinski definition) is 1. The molecule has 5 nitrogen and oxygen atoms in total. The normalized spacial score (nSPS) is 12.4. The van der Waals surface area contributed by atoms with E-state index >= 15 is 0 Å². The van der Waals surface area contributed by atoms with Crippen molar-refractivity contribution in [3.05, 3.63) is 64.2 Å². The molecule has 0 aromatic heterocycles. The monoisotopic (exact) mass is 436 g/mol. The maximum atomic E-state index is 12.8. The van der Waals surface area contributed by atoms with Crippen molar-refractivity contribution in [2.24, 2.45) is 0 Å². The number of carbonyl (C=O) groups excluding carboxylic acids is 1. The Morgan fingerprint density at radius 3 is 2.48 bits per heavy atom. The van der Waals surface area contributed by atoms with Gasteiger partial charge in [0.05, 0.1) is 11.9 Å². The van der Waals surface area contributed by atoms with Crippen molar-refractivity contribution in [2.45, 2.75) is 46.1 Å². The molecule has 0 saturated carbocycles. The van der Waals surface area contributed by atoms with Crippen molar-refractivity contribution in [3.63, 3.8) is 0 Å². The fraction of sp³-hybridized carbons (Fsp3) is 0.409. The predicted octanol–water partition coefficient (Wildman–Crippen LogP) is 4.25. The summed E-state index contributed by atoms with van der Waals surface area (Å²) in [7, 11) is -3.67. The van der Waals surface area contributed by atoms with Crippen LogP contribution in [-0.2, 0) is 21.2 Å². The molecule has 0 spiro atoms. The van der Waals surface area contributed by atoms with Gasteiger partial charge >= 0.3 is 0 Å². The third-order valence-electron chi connectivity index (χ3n) is 4.76. The minimum absolute atomic E-state index is 0.307. The van der Waals surface area contributed by atoms with Crippen LogP contribution in [0.2, 0.25) is 5.02 Å². The second-order valence-electron chi connectivity index (χ2n) is 7.30. The van der Waals surface area contributed by atoms with E-state index in [0.717, 1.165) is 29.0 Å². The van der Waals surface area contributed by atoms with Crippen LogP contribution in [0.1, 0.15) is 36.5 Å². The standard InChI is InChI=1S/C22H29ClN2O3S/c1-5-21(22(26)24-13-7-10-18-9-6-8-16(2)14-18)25(29(4,27)28)19-12-11-17(3)20(23)15-19/h6,8-9,11-12,14-15,21H,5,7,10,13H2,1-4H3,(H,24,26)/t21-/m1/s1. The Labute approximate surface area is 179 Å². The van der Waals surface area contributed by atoms with Gasteiger partial charge in [-0.05, 0) is 56.4 Å². The summed E-state index contributed by atoms with van der Waals surface area (Å²) in [6.45, 7) is 6.17. The second-order valence-corrected chi connectivity index (χ2v) is 9.57. The van der Waals surface area contributed by atoms with E-state index in [-0.39, 0.29) is 5.91 Å². The van der Waals surface area contributed by atoms with E-state index in [0.29, 0.717) is 23.7 Å². The molecule has 0 heterocycles. The van der Waals surface area contributed by atoms with Crippen LogP contribution in [0.15, 0.2) is 42.5 Å². The van der Waals surface area contributed by atoms with Crippen molar-refractivity contribution < 1.29 is 13.2 Å². The molecule has 1 amide bonds. The van der Waals surface area contributed by atoms with Crippen molar-refractivity contribution in [2.75, 3.05) is 17.1 Å². The molecule has 2 aromatic rings. The minimum Gasteiger partial charge on any atom is -0.354 e. The molecule has 1 atom stereocenters. The zero-order chi connectivity index (χ0) is 21.6. The lowest BCUT2D eigenvalue weighted by atomic mass is 10.1. The molecule has 0 saturated heterocycles. The number of rotatable bonds is 9. The molecule has 0 aliphatic rings. The summed E-state index contributed by atoms with van der Waals surface area (Å²) in [5.41, 5.74) is 3.67. The van der Waals surface area contributed by atoms with E-state index in [1.54, 1.807) is 25.1 Å². The summed E-state index contributed by atoms with van der Waals surface area (Å²) in [6.07, 6.45) is 3.08. The van der Waals surface area contributed by atoms with Crippen LogP contribution >= 0.6 is 11.6 Å². The van der Waals surface area contributed by atoms with Crippen LogP contribution < -0.4 is 9.62 Å². The Kier molecular flexibility index (Phi) is 8.11. The van der Waals surface area contributed by atoms with Gasteiger partial charge < -0.3 is 5.32 Å². The van der Waals surface area contributed by atoms with E-state index in [2.05, 4.69) is 17.4 Å². The van der Waals surface area contributed by atoms with Crippen molar-refractivity contribution in [1.82, 2.24) is 5.32 Å². The van der Waals surface area contributed by atoms with Crippen molar-refractivity contribution >= 4 is 33.2 Å². The number of nitrogens with one attached hydrogen (secondary N) is 1. The number of carbonyl (C=O) groups is 1. The van der Waals surface area contributed by atoms with Gasteiger partial charge in [0.1, 0.15) is 6.04 Å². The Morgan fingerprint density at radius 1 is 1.17 bits per heavy atom. The first kappa shape index (κ1) is 23.2. The first-order chi connectivity index (χ1) is 13.6. The van der Waals surface area contributed by atoms with E-state index in [4.69, 9.17) is 11.6 Å². The second kappa shape index (κ2) is 10.1. The molecule has 0 unspecified atom stereocenters. The fourth-order valence-electron chi connectivity index (χ4n) is 3.27. The van der Waals surface area contributed by atoms with Crippen LogP contribution in [0.4, 0.5) is 5.69 Å². The van der Waals surface area contributed by atoms with Gasteiger partial charge in [0, 0.05) is 11.6 Å². The molecular formula is C22H29ClN2O3S. The molecule has 158 valence electrons. The minimum atomic E-state index is -3.67. The molecule has 1 N–H and O–H groups in total. The highest BCUT2D eigenvalue weighted by atomic mass is 35.5. The lowest BCUT2D eigenvalue weighted by Gasteiger charge is -2.30. The number of aryl methyl sites for hydroxylation is 3. The molecule has 0 bridgehead atoms. The number of amides is 1. The molecule has 7 heteroatoms. The fourth-order valence-corrected chi connectivity index (χ4v) is 4.65. The summed E-state index contributed by atoms with van der Waals surface area (Å²) in [6, 6.07) is 12.5.